The minimum Gasteiger partial charge on any atom is -0.497 e. The van der Waals surface area contributed by atoms with Crippen molar-refractivity contribution in [2.75, 3.05) is 34.0 Å². The van der Waals surface area contributed by atoms with Gasteiger partial charge in [-0.05, 0) is 13.0 Å². The number of halogens is 1. The molecule has 0 atom stereocenters. The normalized spacial score (nSPS) is 13.9. The molecule has 2 aromatic rings. The fourth-order valence-electron chi connectivity index (χ4n) is 3.22. The third-order valence-electron chi connectivity index (χ3n) is 4.98. The number of allylic oxidation sites excluding steroid dienone is 2. The van der Waals surface area contributed by atoms with Gasteiger partial charge in [0.05, 0.1) is 42.5 Å². The third kappa shape index (κ3) is 4.68. The Bertz CT molecular complexity index is 1220. The molecule has 3 rings (SSSR count). The summed E-state index contributed by atoms with van der Waals surface area (Å²) in [5.74, 6) is 1.21. The van der Waals surface area contributed by atoms with Crippen LogP contribution in [-0.2, 0) is 0 Å². The van der Waals surface area contributed by atoms with E-state index in [1.54, 1.807) is 50.5 Å². The minimum absolute atomic E-state index is 0.203. The highest BCUT2D eigenvalue weighted by atomic mass is 35.5. The standard InChI is InChI=1S/C23H26ClN7O2/c1-12(25)16(9-27-3)17-10-28-23(26)22(29-17)18-11-31(4)13(2)21(30-18)15-7-14(32-5)8-19(33-6)20(15)24/h7-11,25,27H,2H2,1,3-6H3,(H2,26,28)/b16-9+,25-12?. The number of likely N-dealkylation sites (N-methyl/N-ethyl adjacent to an activating group) is 1. The number of hydrogen-bond donors (Lipinski definition) is 3. The van der Waals surface area contributed by atoms with E-state index in [0.717, 1.165) is 0 Å². The van der Waals surface area contributed by atoms with Crippen molar-refractivity contribution in [1.82, 2.24) is 20.2 Å². The second-order valence-electron chi connectivity index (χ2n) is 7.18. The lowest BCUT2D eigenvalue weighted by molar-refractivity contribution is 0.394. The van der Waals surface area contributed by atoms with Gasteiger partial charge in [-0.3, -0.25) is 0 Å². The van der Waals surface area contributed by atoms with Crippen molar-refractivity contribution < 1.29 is 9.47 Å². The Labute approximate surface area is 197 Å². The van der Waals surface area contributed by atoms with Crippen molar-refractivity contribution in [3.05, 3.63) is 65.0 Å². The fraction of sp³-hybridized carbons (Fsp3) is 0.217. The van der Waals surface area contributed by atoms with E-state index in [1.807, 2.05) is 7.05 Å². The molecule has 1 aliphatic heterocycles. The fourth-order valence-corrected chi connectivity index (χ4v) is 3.49. The Morgan fingerprint density at radius 1 is 1.30 bits per heavy atom. The molecule has 1 aliphatic rings. The van der Waals surface area contributed by atoms with Gasteiger partial charge in [-0.25, -0.2) is 15.0 Å². The van der Waals surface area contributed by atoms with Gasteiger partial charge in [0.25, 0.3) is 0 Å². The number of nitrogens with one attached hydrogen (secondary N) is 2. The van der Waals surface area contributed by atoms with Crippen molar-refractivity contribution in [3.8, 4) is 11.5 Å². The number of ether oxygens (including phenoxy) is 2. The quantitative estimate of drug-likeness (QED) is 0.532. The Kier molecular flexibility index (Phi) is 7.03. The number of nitrogen functional groups attached to an aromatic ring is 1. The van der Waals surface area contributed by atoms with E-state index in [4.69, 9.17) is 37.2 Å². The molecule has 0 fully saturated rings. The molecule has 0 radical (unpaired) electrons. The number of nitrogens with zero attached hydrogens (tertiary/aromatic N) is 4. The molecule has 172 valence electrons. The maximum absolute atomic E-state index is 8.06. The number of rotatable bonds is 7. The summed E-state index contributed by atoms with van der Waals surface area (Å²) in [6.07, 6.45) is 4.98. The molecular weight excluding hydrogens is 442 g/mol. The van der Waals surface area contributed by atoms with E-state index in [1.165, 1.54) is 13.3 Å². The number of hydrogen-bond acceptors (Lipinski definition) is 9. The molecule has 0 spiro atoms. The molecule has 0 amide bonds. The van der Waals surface area contributed by atoms with Gasteiger partial charge in [-0.15, -0.1) is 0 Å². The predicted octanol–water partition coefficient (Wildman–Crippen LogP) is 3.58. The first-order valence-electron chi connectivity index (χ1n) is 9.92. The van der Waals surface area contributed by atoms with Crippen molar-refractivity contribution >= 4 is 40.1 Å². The molecule has 9 nitrogen and oxygen atoms in total. The van der Waals surface area contributed by atoms with Crippen molar-refractivity contribution in [2.24, 2.45) is 4.99 Å². The first-order valence-corrected chi connectivity index (χ1v) is 10.3. The minimum atomic E-state index is 0.203. The highest BCUT2D eigenvalue weighted by molar-refractivity contribution is 6.37. The third-order valence-corrected chi connectivity index (χ3v) is 5.37. The molecule has 0 aliphatic carbocycles. The SMILES string of the molecule is C=C1C(c2cc(OC)cc(OC)c2Cl)=NC(c2nc(/C(=C/NC)C(C)=N)cnc2N)=CN1C. The Morgan fingerprint density at radius 2 is 2.03 bits per heavy atom. The van der Waals surface area contributed by atoms with Crippen LogP contribution in [0.25, 0.3) is 11.3 Å². The molecule has 1 aromatic heterocycles. The molecule has 4 N–H and O–H groups in total. The smallest absolute Gasteiger partial charge is 0.151 e. The van der Waals surface area contributed by atoms with Crippen molar-refractivity contribution in [3.63, 3.8) is 0 Å². The molecule has 0 unspecified atom stereocenters. The summed E-state index contributed by atoms with van der Waals surface area (Å²) in [5.41, 5.74) is 10.1. The monoisotopic (exact) mass is 467 g/mol. The molecule has 0 saturated heterocycles. The molecule has 0 bridgehead atoms. The summed E-state index contributed by atoms with van der Waals surface area (Å²) in [7, 11) is 6.68. The predicted molar refractivity (Wildman–Crippen MR) is 133 cm³/mol. The molecular formula is C23H26ClN7O2. The zero-order chi connectivity index (χ0) is 24.3. The van der Waals surface area contributed by atoms with Crippen LogP contribution in [0, 0.1) is 5.41 Å². The van der Waals surface area contributed by atoms with Crippen molar-refractivity contribution in [1.29, 1.82) is 5.41 Å². The van der Waals surface area contributed by atoms with Gasteiger partial charge < -0.3 is 30.8 Å². The Hall–Kier alpha value is -3.85. The van der Waals surface area contributed by atoms with E-state index >= 15 is 0 Å². The van der Waals surface area contributed by atoms with Crippen LogP contribution >= 0.6 is 11.6 Å². The number of aromatic nitrogens is 2. The summed E-state index contributed by atoms with van der Waals surface area (Å²) in [4.78, 5) is 15.5. The summed E-state index contributed by atoms with van der Waals surface area (Å²) < 4.78 is 10.8. The first-order chi connectivity index (χ1) is 15.7. The van der Waals surface area contributed by atoms with Gasteiger partial charge >= 0.3 is 0 Å². The van der Waals surface area contributed by atoms with Crippen LogP contribution < -0.4 is 20.5 Å². The highest BCUT2D eigenvalue weighted by Crippen LogP contribution is 2.37. The summed E-state index contributed by atoms with van der Waals surface area (Å²) in [5, 5.41) is 11.4. The largest absolute Gasteiger partial charge is 0.497 e. The number of methoxy groups -OCH3 is 2. The van der Waals surface area contributed by atoms with E-state index in [9.17, 15) is 0 Å². The maximum atomic E-state index is 8.06. The zero-order valence-corrected chi connectivity index (χ0v) is 19.9. The topological polar surface area (TPSA) is 122 Å². The molecule has 33 heavy (non-hydrogen) atoms. The van der Waals surface area contributed by atoms with Gasteiger partial charge in [0.15, 0.2) is 5.82 Å². The van der Waals surface area contributed by atoms with Crippen LogP contribution in [0.2, 0.25) is 5.02 Å². The number of aliphatic imine (C=N–C) groups is 1. The van der Waals surface area contributed by atoms with E-state index < -0.39 is 0 Å². The maximum Gasteiger partial charge on any atom is 0.151 e. The average molecular weight is 468 g/mol. The zero-order valence-electron chi connectivity index (χ0n) is 19.2. The number of nitrogens with two attached hydrogens (primary N) is 1. The lowest BCUT2D eigenvalue weighted by atomic mass is 10.0. The van der Waals surface area contributed by atoms with Crippen molar-refractivity contribution in [2.45, 2.75) is 6.92 Å². The van der Waals surface area contributed by atoms with Crippen LogP contribution in [0.4, 0.5) is 5.82 Å². The number of anilines is 1. The Balaban J connectivity index is 2.20. The van der Waals surface area contributed by atoms with E-state index in [2.05, 4.69) is 21.9 Å². The van der Waals surface area contributed by atoms with Gasteiger partial charge in [0.2, 0.25) is 0 Å². The van der Waals surface area contributed by atoms with Gasteiger partial charge in [-0.1, -0.05) is 18.2 Å². The second-order valence-corrected chi connectivity index (χ2v) is 7.56. The summed E-state index contributed by atoms with van der Waals surface area (Å²) >= 11 is 6.61. The van der Waals surface area contributed by atoms with Gasteiger partial charge in [-0.2, -0.15) is 0 Å². The van der Waals surface area contributed by atoms with Gasteiger partial charge in [0.1, 0.15) is 22.9 Å². The lowest BCUT2D eigenvalue weighted by Crippen LogP contribution is -2.23. The average Bonchev–Trinajstić information content (AvgIpc) is 2.80. The number of benzene rings is 1. The highest BCUT2D eigenvalue weighted by Gasteiger charge is 2.25. The molecule has 0 saturated carbocycles. The molecule has 10 heteroatoms. The van der Waals surface area contributed by atoms with Gasteiger partial charge in [0, 0.05) is 49.4 Å². The first kappa shape index (κ1) is 23.8. The van der Waals surface area contributed by atoms with Crippen LogP contribution in [-0.4, -0.2) is 54.6 Å². The van der Waals surface area contributed by atoms with Crippen LogP contribution in [0.1, 0.15) is 23.9 Å². The summed E-state index contributed by atoms with van der Waals surface area (Å²) in [6, 6.07) is 3.46. The second kappa shape index (κ2) is 9.74. The van der Waals surface area contributed by atoms with Crippen LogP contribution in [0.5, 0.6) is 11.5 Å². The van der Waals surface area contributed by atoms with Crippen LogP contribution in [0.15, 0.2) is 48.0 Å². The lowest BCUT2D eigenvalue weighted by Gasteiger charge is -2.26. The van der Waals surface area contributed by atoms with Crippen LogP contribution in [0.3, 0.4) is 0 Å². The molecule has 2 heterocycles. The van der Waals surface area contributed by atoms with E-state index in [-0.39, 0.29) is 5.82 Å². The van der Waals surface area contributed by atoms with E-state index in [0.29, 0.717) is 61.9 Å². The Morgan fingerprint density at radius 3 is 2.64 bits per heavy atom. The summed E-state index contributed by atoms with van der Waals surface area (Å²) in [6.45, 7) is 5.82. The molecule has 1 aromatic carbocycles.